The molecule has 0 N–H and O–H groups in total. The molecule has 6 nitrogen and oxygen atoms in total. The van der Waals surface area contributed by atoms with Crippen LogP contribution in [-0.4, -0.2) is 27.8 Å². The summed E-state index contributed by atoms with van der Waals surface area (Å²) in [6.45, 7) is 0.321. The van der Waals surface area contributed by atoms with Crippen LogP contribution in [0, 0.1) is 10.1 Å². The molecule has 0 bridgehead atoms. The number of halogens is 1. The molecule has 1 aromatic carbocycles. The van der Waals surface area contributed by atoms with Crippen molar-refractivity contribution >= 4 is 34.5 Å². The highest BCUT2D eigenvalue weighted by molar-refractivity contribution is 7.07. The van der Waals surface area contributed by atoms with Crippen molar-refractivity contribution in [2.24, 2.45) is 0 Å². The van der Waals surface area contributed by atoms with Crippen LogP contribution in [0.1, 0.15) is 16.1 Å². The number of hydrogen-bond acceptors (Lipinski definition) is 5. The number of non-ortho nitro benzene ring substituents is 1. The van der Waals surface area contributed by atoms with Gasteiger partial charge in [0.15, 0.2) is 0 Å². The Labute approximate surface area is 123 Å². The summed E-state index contributed by atoms with van der Waals surface area (Å²) < 4.78 is 0. The Morgan fingerprint density at radius 1 is 1.55 bits per heavy atom. The molecule has 0 unspecified atom stereocenters. The molecular formula is C12H10ClN3O3S. The summed E-state index contributed by atoms with van der Waals surface area (Å²) >= 11 is 7.37. The number of nitro groups is 1. The average Bonchev–Trinajstić information content (AvgIpc) is 2.91. The van der Waals surface area contributed by atoms with Crippen LogP contribution >= 0.6 is 22.9 Å². The van der Waals surface area contributed by atoms with Crippen molar-refractivity contribution in [3.63, 3.8) is 0 Å². The largest absolute Gasteiger partial charge is 0.336 e. The smallest absolute Gasteiger partial charge is 0.270 e. The standard InChI is InChI=1S/C12H10ClN3O3S/c1-15(5-8-6-20-7-14-8)12(17)10-4-9(16(18)19)2-3-11(10)13/h2-4,6-7H,5H2,1H3. The first-order chi connectivity index (χ1) is 9.49. The molecule has 0 saturated heterocycles. The minimum atomic E-state index is -0.562. The molecule has 1 aromatic heterocycles. The number of rotatable bonds is 4. The number of carbonyl (C=O) groups excluding carboxylic acids is 1. The highest BCUT2D eigenvalue weighted by Crippen LogP contribution is 2.23. The van der Waals surface area contributed by atoms with Gasteiger partial charge in [-0.3, -0.25) is 14.9 Å². The van der Waals surface area contributed by atoms with Gasteiger partial charge in [-0.15, -0.1) is 11.3 Å². The third-order valence-corrected chi connectivity index (χ3v) is 3.59. The highest BCUT2D eigenvalue weighted by Gasteiger charge is 2.19. The van der Waals surface area contributed by atoms with Gasteiger partial charge >= 0.3 is 0 Å². The molecule has 0 atom stereocenters. The van der Waals surface area contributed by atoms with E-state index in [9.17, 15) is 14.9 Å². The number of benzene rings is 1. The van der Waals surface area contributed by atoms with Crippen molar-refractivity contribution in [2.75, 3.05) is 7.05 Å². The van der Waals surface area contributed by atoms with Crippen LogP contribution in [0.3, 0.4) is 0 Å². The van der Waals surface area contributed by atoms with Crippen LogP contribution in [0.15, 0.2) is 29.1 Å². The summed E-state index contributed by atoms with van der Waals surface area (Å²) in [5.74, 6) is -0.383. The molecule has 1 heterocycles. The van der Waals surface area contributed by atoms with E-state index in [1.807, 2.05) is 5.38 Å². The van der Waals surface area contributed by atoms with E-state index in [1.54, 1.807) is 12.6 Å². The Bertz CT molecular complexity index is 645. The van der Waals surface area contributed by atoms with E-state index in [4.69, 9.17) is 11.6 Å². The van der Waals surface area contributed by atoms with Crippen LogP contribution in [0.4, 0.5) is 5.69 Å². The van der Waals surface area contributed by atoms with Crippen LogP contribution in [-0.2, 0) is 6.54 Å². The summed E-state index contributed by atoms with van der Waals surface area (Å²) in [6, 6.07) is 3.80. The molecule has 8 heteroatoms. The van der Waals surface area contributed by atoms with E-state index >= 15 is 0 Å². The second kappa shape index (κ2) is 5.98. The molecule has 104 valence electrons. The summed E-state index contributed by atoms with van der Waals surface area (Å²) in [5, 5.41) is 12.8. The van der Waals surface area contributed by atoms with E-state index in [0.717, 1.165) is 5.69 Å². The zero-order valence-electron chi connectivity index (χ0n) is 10.4. The highest BCUT2D eigenvalue weighted by atomic mass is 35.5. The lowest BCUT2D eigenvalue weighted by atomic mass is 10.1. The first-order valence-corrected chi connectivity index (χ1v) is 6.87. The van der Waals surface area contributed by atoms with Gasteiger partial charge in [-0.25, -0.2) is 4.98 Å². The third kappa shape index (κ3) is 3.12. The van der Waals surface area contributed by atoms with Crippen molar-refractivity contribution in [2.45, 2.75) is 6.54 Å². The molecule has 0 radical (unpaired) electrons. The minimum Gasteiger partial charge on any atom is -0.336 e. The number of thiazole rings is 1. The minimum absolute atomic E-state index is 0.110. The number of nitrogens with zero attached hydrogens (tertiary/aromatic N) is 3. The molecule has 0 aliphatic carbocycles. The van der Waals surface area contributed by atoms with Crippen molar-refractivity contribution in [1.29, 1.82) is 0 Å². The Morgan fingerprint density at radius 2 is 2.30 bits per heavy atom. The molecule has 1 amide bonds. The van der Waals surface area contributed by atoms with Crippen LogP contribution in [0.25, 0.3) is 0 Å². The average molecular weight is 312 g/mol. The van der Waals surface area contributed by atoms with Crippen LogP contribution in [0.5, 0.6) is 0 Å². The van der Waals surface area contributed by atoms with Gasteiger partial charge in [-0.05, 0) is 6.07 Å². The van der Waals surface area contributed by atoms with E-state index in [-0.39, 0.29) is 22.2 Å². The van der Waals surface area contributed by atoms with Gasteiger partial charge in [-0.2, -0.15) is 0 Å². The van der Waals surface area contributed by atoms with Crippen molar-refractivity contribution in [3.8, 4) is 0 Å². The quantitative estimate of drug-likeness (QED) is 0.642. The molecule has 20 heavy (non-hydrogen) atoms. The summed E-state index contributed by atoms with van der Waals surface area (Å²) in [7, 11) is 1.59. The molecule has 0 spiro atoms. The lowest BCUT2D eigenvalue weighted by Crippen LogP contribution is -2.26. The van der Waals surface area contributed by atoms with E-state index in [0.29, 0.717) is 6.54 Å². The number of carbonyl (C=O) groups is 1. The van der Waals surface area contributed by atoms with Crippen LogP contribution in [0.2, 0.25) is 5.02 Å². The van der Waals surface area contributed by atoms with Crippen molar-refractivity contribution in [1.82, 2.24) is 9.88 Å². The van der Waals surface area contributed by atoms with E-state index < -0.39 is 4.92 Å². The Balaban J connectivity index is 2.23. The maximum Gasteiger partial charge on any atom is 0.270 e. The van der Waals surface area contributed by atoms with E-state index in [1.165, 1.54) is 34.4 Å². The Kier molecular flexibility index (Phi) is 4.31. The van der Waals surface area contributed by atoms with Crippen LogP contribution < -0.4 is 0 Å². The molecule has 2 aromatic rings. The summed E-state index contributed by atoms with van der Waals surface area (Å²) in [4.78, 5) is 27.9. The van der Waals surface area contributed by atoms with Gasteiger partial charge in [0.05, 0.1) is 33.3 Å². The number of aromatic nitrogens is 1. The maximum absolute atomic E-state index is 12.3. The fourth-order valence-electron chi connectivity index (χ4n) is 1.63. The van der Waals surface area contributed by atoms with Gasteiger partial charge in [-0.1, -0.05) is 11.6 Å². The van der Waals surface area contributed by atoms with Crippen molar-refractivity contribution in [3.05, 3.63) is 55.5 Å². The molecule has 0 fully saturated rings. The third-order valence-electron chi connectivity index (χ3n) is 2.62. The molecule has 0 aliphatic rings. The second-order valence-corrected chi connectivity index (χ2v) is 5.19. The fourth-order valence-corrected chi connectivity index (χ4v) is 2.37. The fraction of sp³-hybridized carbons (Fsp3) is 0.167. The first-order valence-electron chi connectivity index (χ1n) is 5.55. The zero-order valence-corrected chi connectivity index (χ0v) is 12.0. The van der Waals surface area contributed by atoms with Gasteiger partial charge in [0.1, 0.15) is 0 Å². The number of nitro benzene ring substituents is 1. The van der Waals surface area contributed by atoms with Gasteiger partial charge < -0.3 is 4.90 Å². The summed E-state index contributed by atoms with van der Waals surface area (Å²) in [5.41, 5.74) is 2.37. The molecule has 0 aliphatic heterocycles. The topological polar surface area (TPSA) is 76.3 Å². The number of amides is 1. The lowest BCUT2D eigenvalue weighted by molar-refractivity contribution is -0.384. The van der Waals surface area contributed by atoms with Crippen molar-refractivity contribution < 1.29 is 9.72 Å². The SMILES string of the molecule is CN(Cc1cscn1)C(=O)c1cc([N+](=O)[O-])ccc1Cl. The van der Waals surface area contributed by atoms with Gasteiger partial charge in [0.2, 0.25) is 0 Å². The van der Waals surface area contributed by atoms with E-state index in [2.05, 4.69) is 4.98 Å². The van der Waals surface area contributed by atoms with Gasteiger partial charge in [0.25, 0.3) is 11.6 Å². The molecule has 2 rings (SSSR count). The molecule has 0 saturated carbocycles. The first kappa shape index (κ1) is 14.4. The summed E-state index contributed by atoms with van der Waals surface area (Å²) in [6.07, 6.45) is 0. The number of hydrogen-bond donors (Lipinski definition) is 0. The molecular weight excluding hydrogens is 302 g/mol. The zero-order chi connectivity index (χ0) is 14.7. The lowest BCUT2D eigenvalue weighted by Gasteiger charge is -2.16. The Hall–Kier alpha value is -1.99. The predicted molar refractivity (Wildman–Crippen MR) is 76.0 cm³/mol. The normalized spacial score (nSPS) is 10.3. The Morgan fingerprint density at radius 3 is 2.90 bits per heavy atom. The van der Waals surface area contributed by atoms with Gasteiger partial charge in [0, 0.05) is 24.6 Å². The predicted octanol–water partition coefficient (Wildman–Crippen LogP) is 2.98. The maximum atomic E-state index is 12.3. The monoisotopic (exact) mass is 311 g/mol. The second-order valence-electron chi connectivity index (χ2n) is 4.06.